The van der Waals surface area contributed by atoms with Crippen molar-refractivity contribution in [2.75, 3.05) is 13.7 Å². The summed E-state index contributed by atoms with van der Waals surface area (Å²) in [5.74, 6) is -0.891. The van der Waals surface area contributed by atoms with Crippen LogP contribution < -0.4 is 9.47 Å². The minimum absolute atomic E-state index is 0.0388. The molecule has 0 saturated heterocycles. The minimum Gasteiger partial charge on any atom is -0.493 e. The van der Waals surface area contributed by atoms with Gasteiger partial charge in [-0.25, -0.2) is 4.79 Å². The van der Waals surface area contributed by atoms with Crippen molar-refractivity contribution < 1.29 is 23.8 Å². The van der Waals surface area contributed by atoms with Crippen LogP contribution in [0.5, 0.6) is 11.5 Å². The van der Waals surface area contributed by atoms with E-state index in [1.807, 2.05) is 0 Å². The molecule has 0 unspecified atom stereocenters. The fraction of sp³-hybridized carbons (Fsp3) is 0.500. The number of methoxy groups -OCH3 is 1. The molecular formula is C16H19BrO5. The number of carbonyl (C=O) groups is 2. The molecule has 6 heteroatoms. The van der Waals surface area contributed by atoms with Crippen molar-refractivity contribution in [3.05, 3.63) is 22.2 Å². The Morgan fingerprint density at radius 1 is 1.27 bits per heavy atom. The van der Waals surface area contributed by atoms with Gasteiger partial charge in [0.1, 0.15) is 0 Å². The van der Waals surface area contributed by atoms with Gasteiger partial charge in [0.05, 0.1) is 25.4 Å². The van der Waals surface area contributed by atoms with Crippen molar-refractivity contribution in [1.82, 2.24) is 0 Å². The zero-order chi connectivity index (χ0) is 16.1. The largest absolute Gasteiger partial charge is 0.493 e. The summed E-state index contributed by atoms with van der Waals surface area (Å²) in [5.41, 5.74) is 0.157. The normalized spacial score (nSPS) is 14.7. The number of halogens is 1. The molecule has 0 heterocycles. The van der Waals surface area contributed by atoms with E-state index < -0.39 is 11.8 Å². The summed E-state index contributed by atoms with van der Waals surface area (Å²) < 4.78 is 16.6. The van der Waals surface area contributed by atoms with Crippen LogP contribution in [0.2, 0.25) is 0 Å². The fourth-order valence-corrected chi connectivity index (χ4v) is 2.99. The Morgan fingerprint density at radius 2 is 1.95 bits per heavy atom. The molecule has 1 aliphatic carbocycles. The third kappa shape index (κ3) is 3.61. The highest BCUT2D eigenvalue weighted by Crippen LogP contribution is 2.39. The van der Waals surface area contributed by atoms with E-state index in [2.05, 4.69) is 15.9 Å². The molecule has 0 radical (unpaired) electrons. The van der Waals surface area contributed by atoms with E-state index in [0.717, 1.165) is 25.7 Å². The number of ether oxygens (including phenoxy) is 3. The maximum atomic E-state index is 12.4. The molecule has 0 amide bonds. The summed E-state index contributed by atoms with van der Waals surface area (Å²) in [7, 11) is 1.50. The molecule has 1 fully saturated rings. The highest BCUT2D eigenvalue weighted by molar-refractivity contribution is 9.10. The first-order valence-corrected chi connectivity index (χ1v) is 8.12. The standard InChI is InChI=1S/C16H19BrO5/c1-3-21-16(19)14(18)13-11(17)8-9-12(20-2)15(13)22-10-6-4-5-7-10/h8-10H,3-7H2,1-2H3. The Labute approximate surface area is 138 Å². The molecule has 1 saturated carbocycles. The lowest BCUT2D eigenvalue weighted by molar-refractivity contribution is -0.137. The van der Waals surface area contributed by atoms with Gasteiger partial charge in [-0.2, -0.15) is 0 Å². The molecule has 1 aliphatic rings. The first kappa shape index (κ1) is 16.8. The number of carbonyl (C=O) groups excluding carboxylic acids is 2. The maximum absolute atomic E-state index is 12.4. The van der Waals surface area contributed by atoms with E-state index in [1.165, 1.54) is 7.11 Å². The Kier molecular flexibility index (Phi) is 5.83. The topological polar surface area (TPSA) is 61.8 Å². The predicted molar refractivity (Wildman–Crippen MR) is 84.5 cm³/mol. The van der Waals surface area contributed by atoms with Crippen LogP contribution >= 0.6 is 15.9 Å². The molecule has 22 heavy (non-hydrogen) atoms. The number of ketones is 1. The molecule has 0 N–H and O–H groups in total. The SMILES string of the molecule is CCOC(=O)C(=O)c1c(Br)ccc(OC)c1OC1CCCC1. The first-order valence-electron chi connectivity index (χ1n) is 7.33. The summed E-state index contributed by atoms with van der Waals surface area (Å²) in [6.45, 7) is 1.80. The third-order valence-corrected chi connectivity index (χ3v) is 4.23. The van der Waals surface area contributed by atoms with Crippen molar-refractivity contribution in [3.63, 3.8) is 0 Å². The van der Waals surface area contributed by atoms with Crippen LogP contribution in [0.3, 0.4) is 0 Å². The molecule has 0 spiro atoms. The minimum atomic E-state index is -0.896. The first-order chi connectivity index (χ1) is 10.6. The zero-order valence-electron chi connectivity index (χ0n) is 12.7. The smallest absolute Gasteiger partial charge is 0.379 e. The molecule has 2 rings (SSSR count). The van der Waals surface area contributed by atoms with Crippen LogP contribution in [0.25, 0.3) is 0 Å². The van der Waals surface area contributed by atoms with Gasteiger partial charge in [0.15, 0.2) is 11.5 Å². The van der Waals surface area contributed by atoms with Gasteiger partial charge in [-0.05, 0) is 60.7 Å². The van der Waals surface area contributed by atoms with Crippen molar-refractivity contribution in [3.8, 4) is 11.5 Å². The highest BCUT2D eigenvalue weighted by Gasteiger charge is 2.29. The van der Waals surface area contributed by atoms with Crippen molar-refractivity contribution in [1.29, 1.82) is 0 Å². The number of esters is 1. The van der Waals surface area contributed by atoms with E-state index in [0.29, 0.717) is 16.0 Å². The van der Waals surface area contributed by atoms with Gasteiger partial charge >= 0.3 is 5.97 Å². The third-order valence-electron chi connectivity index (χ3n) is 3.57. The van der Waals surface area contributed by atoms with Crippen molar-refractivity contribution in [2.24, 2.45) is 0 Å². The average molecular weight is 371 g/mol. The van der Waals surface area contributed by atoms with Gasteiger partial charge in [0.2, 0.25) is 0 Å². The second kappa shape index (κ2) is 7.63. The van der Waals surface area contributed by atoms with Gasteiger partial charge in [0, 0.05) is 4.47 Å². The molecule has 1 aromatic rings. The summed E-state index contributed by atoms with van der Waals surface area (Å²) in [5, 5.41) is 0. The van der Waals surface area contributed by atoms with E-state index in [1.54, 1.807) is 19.1 Å². The Balaban J connectivity index is 2.40. The van der Waals surface area contributed by atoms with Gasteiger partial charge in [-0.1, -0.05) is 0 Å². The van der Waals surface area contributed by atoms with E-state index in [4.69, 9.17) is 14.2 Å². The second-order valence-electron chi connectivity index (χ2n) is 5.03. The Hall–Kier alpha value is -1.56. The van der Waals surface area contributed by atoms with E-state index in [-0.39, 0.29) is 18.3 Å². The summed E-state index contributed by atoms with van der Waals surface area (Å²) in [6, 6.07) is 3.36. The van der Waals surface area contributed by atoms with Crippen LogP contribution in [0.15, 0.2) is 16.6 Å². The van der Waals surface area contributed by atoms with Crippen LogP contribution in [-0.4, -0.2) is 31.6 Å². The van der Waals surface area contributed by atoms with E-state index in [9.17, 15) is 9.59 Å². The molecule has 5 nitrogen and oxygen atoms in total. The molecule has 0 aromatic heterocycles. The monoisotopic (exact) mass is 370 g/mol. The number of hydrogen-bond acceptors (Lipinski definition) is 5. The summed E-state index contributed by atoms with van der Waals surface area (Å²) in [4.78, 5) is 24.2. The van der Waals surface area contributed by atoms with Gasteiger partial charge < -0.3 is 14.2 Å². The molecule has 0 bridgehead atoms. The average Bonchev–Trinajstić information content (AvgIpc) is 3.00. The molecule has 1 aromatic carbocycles. The summed E-state index contributed by atoms with van der Waals surface area (Å²) in [6.07, 6.45) is 4.10. The molecule has 0 atom stereocenters. The van der Waals surface area contributed by atoms with Crippen LogP contribution in [0, 0.1) is 0 Å². The van der Waals surface area contributed by atoms with Crippen LogP contribution in [0.1, 0.15) is 43.0 Å². The highest BCUT2D eigenvalue weighted by atomic mass is 79.9. The van der Waals surface area contributed by atoms with E-state index >= 15 is 0 Å². The lowest BCUT2D eigenvalue weighted by Crippen LogP contribution is -2.21. The molecule has 120 valence electrons. The molecular weight excluding hydrogens is 352 g/mol. The molecule has 0 aliphatic heterocycles. The number of rotatable bonds is 6. The maximum Gasteiger partial charge on any atom is 0.379 e. The number of Topliss-reactive ketones (excluding diaryl/α,β-unsaturated/α-hetero) is 1. The van der Waals surface area contributed by atoms with Gasteiger partial charge in [-0.3, -0.25) is 4.79 Å². The van der Waals surface area contributed by atoms with Gasteiger partial charge in [-0.15, -0.1) is 0 Å². The van der Waals surface area contributed by atoms with Crippen molar-refractivity contribution >= 4 is 27.7 Å². The number of benzene rings is 1. The quantitative estimate of drug-likeness (QED) is 0.435. The zero-order valence-corrected chi connectivity index (χ0v) is 14.3. The van der Waals surface area contributed by atoms with Crippen LogP contribution in [0.4, 0.5) is 0 Å². The fourth-order valence-electron chi connectivity index (χ4n) is 2.50. The summed E-state index contributed by atoms with van der Waals surface area (Å²) >= 11 is 3.32. The van der Waals surface area contributed by atoms with Gasteiger partial charge in [0.25, 0.3) is 5.78 Å². The lowest BCUT2D eigenvalue weighted by atomic mass is 10.1. The van der Waals surface area contributed by atoms with Crippen molar-refractivity contribution in [2.45, 2.75) is 38.7 Å². The van der Waals surface area contributed by atoms with Crippen LogP contribution in [-0.2, 0) is 9.53 Å². The Bertz CT molecular complexity index is 564. The second-order valence-corrected chi connectivity index (χ2v) is 5.88. The lowest BCUT2D eigenvalue weighted by Gasteiger charge is -2.19. The predicted octanol–water partition coefficient (Wildman–Crippen LogP) is 3.52. The Morgan fingerprint density at radius 3 is 2.55 bits per heavy atom. The number of hydrogen-bond donors (Lipinski definition) is 0.